The van der Waals surface area contributed by atoms with Crippen LogP contribution in [0.1, 0.15) is 52.9 Å². The van der Waals surface area contributed by atoms with Gasteiger partial charge in [0.15, 0.2) is 0 Å². The van der Waals surface area contributed by atoms with Crippen LogP contribution in [0.25, 0.3) is 0 Å². The standard InChI is InChI=1S/C18H24N2O3S/c21-16-5-10-23-18(12-19-16)6-8-20(9-7-18)17(22)14-11-24-15-4-2-1-3-13(14)15/h11H,1-10,12H2,(H,19,21). The molecule has 4 rings (SSSR count). The van der Waals surface area contributed by atoms with Crippen LogP contribution in [0.5, 0.6) is 0 Å². The van der Waals surface area contributed by atoms with Crippen LogP contribution in [0.2, 0.25) is 0 Å². The molecule has 24 heavy (non-hydrogen) atoms. The molecule has 5 nitrogen and oxygen atoms in total. The van der Waals surface area contributed by atoms with Crippen LogP contribution in [0, 0.1) is 0 Å². The minimum absolute atomic E-state index is 0.0651. The summed E-state index contributed by atoms with van der Waals surface area (Å²) in [7, 11) is 0. The SMILES string of the molecule is O=C1CCOC2(CCN(C(=O)c3csc4c3CCCC4)CC2)CN1. The number of rotatable bonds is 1. The molecule has 0 radical (unpaired) electrons. The van der Waals surface area contributed by atoms with Crippen LogP contribution in [-0.2, 0) is 22.4 Å². The normalized spacial score (nSPS) is 23.5. The second-order valence-corrected chi connectivity index (χ2v) is 8.07. The van der Waals surface area contributed by atoms with Gasteiger partial charge in [0.05, 0.1) is 17.8 Å². The van der Waals surface area contributed by atoms with Crippen molar-refractivity contribution in [3.63, 3.8) is 0 Å². The molecule has 1 N–H and O–H groups in total. The van der Waals surface area contributed by atoms with E-state index in [1.165, 1.54) is 23.3 Å². The van der Waals surface area contributed by atoms with Gasteiger partial charge < -0.3 is 15.0 Å². The lowest BCUT2D eigenvalue weighted by Gasteiger charge is -2.40. The number of fused-ring (bicyclic) bond motifs is 1. The largest absolute Gasteiger partial charge is 0.372 e. The molecule has 2 fully saturated rings. The number of amides is 2. The number of carbonyl (C=O) groups is 2. The first-order valence-corrected chi connectivity index (χ1v) is 9.84. The maximum Gasteiger partial charge on any atom is 0.254 e. The summed E-state index contributed by atoms with van der Waals surface area (Å²) >= 11 is 1.75. The molecule has 1 spiro atoms. The van der Waals surface area contributed by atoms with E-state index in [0.717, 1.165) is 31.2 Å². The minimum Gasteiger partial charge on any atom is -0.372 e. The van der Waals surface area contributed by atoms with Crippen LogP contribution in [0.3, 0.4) is 0 Å². The Morgan fingerprint density at radius 2 is 2.00 bits per heavy atom. The van der Waals surface area contributed by atoms with Gasteiger partial charge in [0.2, 0.25) is 5.91 Å². The number of thiophene rings is 1. The molecule has 0 saturated carbocycles. The van der Waals surface area contributed by atoms with Gasteiger partial charge in [0.25, 0.3) is 5.91 Å². The summed E-state index contributed by atoms with van der Waals surface area (Å²) in [4.78, 5) is 27.8. The highest BCUT2D eigenvalue weighted by Gasteiger charge is 2.39. The van der Waals surface area contributed by atoms with Crippen LogP contribution in [0.15, 0.2) is 5.38 Å². The fourth-order valence-corrected chi connectivity index (χ4v) is 5.16. The number of hydrogen-bond acceptors (Lipinski definition) is 4. The van der Waals surface area contributed by atoms with Gasteiger partial charge in [-0.2, -0.15) is 0 Å². The summed E-state index contributed by atoms with van der Waals surface area (Å²) in [5.41, 5.74) is 1.95. The summed E-state index contributed by atoms with van der Waals surface area (Å²) in [5, 5.41) is 5.01. The topological polar surface area (TPSA) is 58.6 Å². The van der Waals surface area contributed by atoms with Gasteiger partial charge in [-0.15, -0.1) is 11.3 Å². The number of nitrogens with one attached hydrogen (secondary N) is 1. The Hall–Kier alpha value is -1.40. The molecule has 1 aromatic heterocycles. The average molecular weight is 348 g/mol. The fourth-order valence-electron chi connectivity index (χ4n) is 4.04. The molecule has 1 aliphatic carbocycles. The molecule has 2 amide bonds. The summed E-state index contributed by atoms with van der Waals surface area (Å²) in [6, 6.07) is 0. The summed E-state index contributed by atoms with van der Waals surface area (Å²) in [6.07, 6.45) is 6.65. The number of likely N-dealkylation sites (tertiary alicyclic amines) is 1. The predicted molar refractivity (Wildman–Crippen MR) is 92.4 cm³/mol. The third-order valence-electron chi connectivity index (χ3n) is 5.60. The van der Waals surface area contributed by atoms with Gasteiger partial charge in [-0.05, 0) is 44.1 Å². The van der Waals surface area contributed by atoms with E-state index in [0.29, 0.717) is 32.7 Å². The van der Waals surface area contributed by atoms with Crippen molar-refractivity contribution in [1.82, 2.24) is 10.2 Å². The molecule has 6 heteroatoms. The Morgan fingerprint density at radius 3 is 2.83 bits per heavy atom. The first-order chi connectivity index (χ1) is 11.7. The number of nitrogens with zero attached hydrogens (tertiary/aromatic N) is 1. The molecule has 3 aliphatic rings. The van der Waals surface area contributed by atoms with E-state index in [1.54, 1.807) is 11.3 Å². The van der Waals surface area contributed by atoms with Crippen molar-refractivity contribution in [2.45, 2.75) is 50.5 Å². The Morgan fingerprint density at radius 1 is 1.21 bits per heavy atom. The highest BCUT2D eigenvalue weighted by Crippen LogP contribution is 2.33. The second kappa shape index (κ2) is 6.48. The van der Waals surface area contributed by atoms with Crippen molar-refractivity contribution in [3.8, 4) is 0 Å². The maximum absolute atomic E-state index is 12.9. The van der Waals surface area contributed by atoms with Crippen molar-refractivity contribution in [2.75, 3.05) is 26.2 Å². The van der Waals surface area contributed by atoms with Crippen molar-refractivity contribution in [3.05, 3.63) is 21.4 Å². The molecule has 0 aromatic carbocycles. The van der Waals surface area contributed by atoms with E-state index in [4.69, 9.17) is 4.74 Å². The average Bonchev–Trinajstić information content (AvgIpc) is 2.96. The Bertz CT molecular complexity index is 647. The van der Waals surface area contributed by atoms with Gasteiger partial charge in [-0.1, -0.05) is 0 Å². The number of hydrogen-bond donors (Lipinski definition) is 1. The van der Waals surface area contributed by atoms with E-state index >= 15 is 0 Å². The monoisotopic (exact) mass is 348 g/mol. The molecule has 2 saturated heterocycles. The Kier molecular flexibility index (Phi) is 4.35. The van der Waals surface area contributed by atoms with Crippen molar-refractivity contribution in [2.24, 2.45) is 0 Å². The van der Waals surface area contributed by atoms with Crippen LogP contribution in [0.4, 0.5) is 0 Å². The van der Waals surface area contributed by atoms with E-state index in [-0.39, 0.29) is 17.4 Å². The Labute approximate surface area is 146 Å². The molecule has 1 aromatic rings. The zero-order valence-corrected chi connectivity index (χ0v) is 14.8. The predicted octanol–water partition coefficient (Wildman–Crippen LogP) is 2.14. The number of carbonyl (C=O) groups excluding carboxylic acids is 2. The third kappa shape index (κ3) is 2.97. The van der Waals surface area contributed by atoms with E-state index in [1.807, 2.05) is 4.90 Å². The lowest BCUT2D eigenvalue weighted by Crippen LogP contribution is -2.52. The molecule has 3 heterocycles. The second-order valence-electron chi connectivity index (χ2n) is 7.11. The van der Waals surface area contributed by atoms with Gasteiger partial charge in [-0.3, -0.25) is 9.59 Å². The summed E-state index contributed by atoms with van der Waals surface area (Å²) in [5.74, 6) is 0.247. The molecule has 0 unspecified atom stereocenters. The molecule has 0 bridgehead atoms. The number of piperidine rings is 1. The van der Waals surface area contributed by atoms with Gasteiger partial charge >= 0.3 is 0 Å². The van der Waals surface area contributed by atoms with Crippen LogP contribution in [-0.4, -0.2) is 48.6 Å². The Balaban J connectivity index is 1.43. The van der Waals surface area contributed by atoms with Crippen molar-refractivity contribution >= 4 is 23.2 Å². The van der Waals surface area contributed by atoms with Gasteiger partial charge in [0.1, 0.15) is 0 Å². The number of ether oxygens (including phenoxy) is 1. The molecular formula is C18H24N2O3S. The van der Waals surface area contributed by atoms with Crippen LogP contribution < -0.4 is 5.32 Å². The van der Waals surface area contributed by atoms with Gasteiger partial charge in [0, 0.05) is 36.3 Å². The summed E-state index contributed by atoms with van der Waals surface area (Å²) in [6.45, 7) is 2.47. The molecule has 130 valence electrons. The van der Waals surface area contributed by atoms with E-state index in [2.05, 4.69) is 10.7 Å². The maximum atomic E-state index is 12.9. The van der Waals surface area contributed by atoms with Crippen molar-refractivity contribution < 1.29 is 14.3 Å². The summed E-state index contributed by atoms with van der Waals surface area (Å²) < 4.78 is 5.99. The third-order valence-corrected chi connectivity index (χ3v) is 6.69. The van der Waals surface area contributed by atoms with Crippen LogP contribution >= 0.6 is 11.3 Å². The lowest BCUT2D eigenvalue weighted by atomic mass is 9.90. The quantitative estimate of drug-likeness (QED) is 0.846. The van der Waals surface area contributed by atoms with Crippen molar-refractivity contribution in [1.29, 1.82) is 0 Å². The first-order valence-electron chi connectivity index (χ1n) is 8.96. The smallest absolute Gasteiger partial charge is 0.254 e. The minimum atomic E-state index is -0.281. The molecule has 2 aliphatic heterocycles. The zero-order valence-electron chi connectivity index (χ0n) is 13.9. The lowest BCUT2D eigenvalue weighted by molar-refractivity contribution is -0.120. The molecule has 0 atom stereocenters. The highest BCUT2D eigenvalue weighted by molar-refractivity contribution is 7.10. The van der Waals surface area contributed by atoms with Gasteiger partial charge in [-0.25, -0.2) is 0 Å². The zero-order chi connectivity index (χ0) is 16.6. The fraction of sp³-hybridized carbons (Fsp3) is 0.667. The van der Waals surface area contributed by atoms with E-state index < -0.39 is 0 Å². The first kappa shape index (κ1) is 16.1. The molecular weight excluding hydrogens is 324 g/mol. The highest BCUT2D eigenvalue weighted by atomic mass is 32.1. The number of aryl methyl sites for hydroxylation is 1. The van der Waals surface area contributed by atoms with E-state index in [9.17, 15) is 9.59 Å².